The van der Waals surface area contributed by atoms with Crippen LogP contribution in [0.2, 0.25) is 0 Å². The molecule has 5 unspecified atom stereocenters. The standard InChI is InChI=1S/C34H40F2N6O5/c1-21(40(5)33(45)46-20-22-10-7-6-8-11-22)30(43)39-29(34(2,3)4)31(44)41-17-14-26-28(41)27(19-42(26)32-37-15-9-16-38-32)47-23-12-13-24(35)25(36)18-23/h6-13,15-16,18,21,26-29H,14,17,19-20H2,1-5H3,(H,39,43). The number of anilines is 1. The lowest BCUT2D eigenvalue weighted by Crippen LogP contribution is -2.60. The molecule has 1 aromatic heterocycles. The molecule has 2 saturated heterocycles. The maximum absolute atomic E-state index is 14.4. The molecule has 0 bridgehead atoms. The molecule has 47 heavy (non-hydrogen) atoms. The highest BCUT2D eigenvalue weighted by Crippen LogP contribution is 2.37. The van der Waals surface area contributed by atoms with Gasteiger partial charge < -0.3 is 24.6 Å². The molecule has 2 aromatic carbocycles. The van der Waals surface area contributed by atoms with Gasteiger partial charge in [0.1, 0.15) is 30.5 Å². The Balaban J connectivity index is 1.33. The third-order valence-electron chi connectivity index (χ3n) is 8.70. The number of likely N-dealkylation sites (N-methyl/N-ethyl adjacent to an activating group) is 1. The molecule has 5 atom stereocenters. The second-order valence-corrected chi connectivity index (χ2v) is 12.9. The van der Waals surface area contributed by atoms with Crippen molar-refractivity contribution in [2.24, 2.45) is 5.41 Å². The number of benzene rings is 2. The topological polar surface area (TPSA) is 117 Å². The number of carbonyl (C=O) groups is 3. The van der Waals surface area contributed by atoms with Gasteiger partial charge in [0.25, 0.3) is 0 Å². The minimum absolute atomic E-state index is 0.0534. The smallest absolute Gasteiger partial charge is 0.410 e. The maximum Gasteiger partial charge on any atom is 0.410 e. The van der Waals surface area contributed by atoms with Crippen molar-refractivity contribution in [3.63, 3.8) is 0 Å². The number of rotatable bonds is 9. The lowest BCUT2D eigenvalue weighted by Gasteiger charge is -2.37. The first-order valence-corrected chi connectivity index (χ1v) is 15.5. The molecule has 0 saturated carbocycles. The highest BCUT2D eigenvalue weighted by Gasteiger charge is 2.54. The van der Waals surface area contributed by atoms with Crippen LogP contribution in [0.3, 0.4) is 0 Å². The van der Waals surface area contributed by atoms with E-state index < -0.39 is 53.3 Å². The summed E-state index contributed by atoms with van der Waals surface area (Å²) < 4.78 is 39.4. The van der Waals surface area contributed by atoms with Gasteiger partial charge in [-0.25, -0.2) is 23.5 Å². The lowest BCUT2D eigenvalue weighted by molar-refractivity contribution is -0.142. The first-order valence-electron chi connectivity index (χ1n) is 15.5. The van der Waals surface area contributed by atoms with Gasteiger partial charge in [-0.3, -0.25) is 14.5 Å². The second kappa shape index (κ2) is 13.9. The summed E-state index contributed by atoms with van der Waals surface area (Å²) in [5, 5.41) is 2.89. The van der Waals surface area contributed by atoms with E-state index in [1.165, 1.54) is 18.0 Å². The predicted octanol–water partition coefficient (Wildman–Crippen LogP) is 4.18. The van der Waals surface area contributed by atoms with E-state index in [9.17, 15) is 23.2 Å². The molecule has 0 radical (unpaired) electrons. The van der Waals surface area contributed by atoms with E-state index in [1.807, 2.05) is 56.0 Å². The number of hydrogen-bond donors (Lipinski definition) is 1. The summed E-state index contributed by atoms with van der Waals surface area (Å²) in [6.45, 7) is 7.81. The molecule has 11 nitrogen and oxygen atoms in total. The molecular formula is C34H40F2N6O5. The summed E-state index contributed by atoms with van der Waals surface area (Å²) in [4.78, 5) is 54.3. The minimum atomic E-state index is -1.04. The molecule has 1 N–H and O–H groups in total. The van der Waals surface area contributed by atoms with E-state index in [2.05, 4.69) is 15.3 Å². The van der Waals surface area contributed by atoms with Gasteiger partial charge in [0.2, 0.25) is 17.8 Å². The summed E-state index contributed by atoms with van der Waals surface area (Å²) >= 11 is 0. The summed E-state index contributed by atoms with van der Waals surface area (Å²) in [6.07, 6.45) is 2.51. The summed E-state index contributed by atoms with van der Waals surface area (Å²) in [6, 6.07) is 11.6. The number of aromatic nitrogens is 2. The normalized spacial score (nSPS) is 20.3. The molecule has 0 spiro atoms. The first-order chi connectivity index (χ1) is 22.3. The van der Waals surface area contributed by atoms with Crippen molar-refractivity contribution < 1.29 is 32.6 Å². The number of nitrogens with one attached hydrogen (secondary N) is 1. The molecule has 250 valence electrons. The van der Waals surface area contributed by atoms with Crippen molar-refractivity contribution in [1.82, 2.24) is 25.1 Å². The third kappa shape index (κ3) is 7.44. The van der Waals surface area contributed by atoms with Crippen LogP contribution in [0.5, 0.6) is 5.75 Å². The zero-order chi connectivity index (χ0) is 33.9. The minimum Gasteiger partial charge on any atom is -0.486 e. The number of carbonyl (C=O) groups excluding carboxylic acids is 3. The van der Waals surface area contributed by atoms with Crippen molar-refractivity contribution in [1.29, 1.82) is 0 Å². The Morgan fingerprint density at radius 3 is 2.40 bits per heavy atom. The first kappa shape index (κ1) is 33.6. The molecule has 3 heterocycles. The van der Waals surface area contributed by atoms with Gasteiger partial charge >= 0.3 is 6.09 Å². The Morgan fingerprint density at radius 1 is 1.04 bits per heavy atom. The van der Waals surface area contributed by atoms with Crippen LogP contribution in [0.15, 0.2) is 67.0 Å². The van der Waals surface area contributed by atoms with Crippen LogP contribution in [-0.2, 0) is 20.9 Å². The van der Waals surface area contributed by atoms with E-state index in [1.54, 1.807) is 30.3 Å². The lowest BCUT2D eigenvalue weighted by atomic mass is 9.85. The third-order valence-corrected chi connectivity index (χ3v) is 8.70. The van der Waals surface area contributed by atoms with Crippen molar-refractivity contribution in [3.05, 3.63) is 84.2 Å². The van der Waals surface area contributed by atoms with Gasteiger partial charge in [-0.05, 0) is 42.5 Å². The van der Waals surface area contributed by atoms with Crippen LogP contribution in [-0.4, -0.2) is 88.1 Å². The quantitative estimate of drug-likeness (QED) is 0.367. The van der Waals surface area contributed by atoms with Gasteiger partial charge in [0.15, 0.2) is 11.6 Å². The Bertz CT molecular complexity index is 1570. The highest BCUT2D eigenvalue weighted by molar-refractivity contribution is 5.92. The molecule has 3 amide bonds. The number of likely N-dealkylation sites (tertiary alicyclic amines) is 1. The van der Waals surface area contributed by atoms with Crippen LogP contribution < -0.4 is 15.0 Å². The fourth-order valence-corrected chi connectivity index (χ4v) is 6.02. The molecule has 2 fully saturated rings. The van der Waals surface area contributed by atoms with E-state index >= 15 is 0 Å². The van der Waals surface area contributed by atoms with Gasteiger partial charge in [0, 0.05) is 32.1 Å². The Labute approximate surface area is 272 Å². The number of nitrogens with zero attached hydrogens (tertiary/aromatic N) is 5. The maximum atomic E-state index is 14.4. The number of ether oxygens (including phenoxy) is 2. The summed E-state index contributed by atoms with van der Waals surface area (Å²) in [5.74, 6) is -2.29. The Kier molecular flexibility index (Phi) is 9.92. The van der Waals surface area contributed by atoms with Gasteiger partial charge in [-0.1, -0.05) is 51.1 Å². The summed E-state index contributed by atoms with van der Waals surface area (Å²) in [5.41, 5.74) is 0.0959. The van der Waals surface area contributed by atoms with Gasteiger partial charge in [0.05, 0.1) is 18.6 Å². The monoisotopic (exact) mass is 650 g/mol. The zero-order valence-corrected chi connectivity index (χ0v) is 27.1. The van der Waals surface area contributed by atoms with Crippen molar-refractivity contribution in [2.45, 2.75) is 71.0 Å². The van der Waals surface area contributed by atoms with E-state index in [4.69, 9.17) is 9.47 Å². The van der Waals surface area contributed by atoms with Gasteiger partial charge in [-0.2, -0.15) is 0 Å². The van der Waals surface area contributed by atoms with Crippen molar-refractivity contribution in [2.75, 3.05) is 25.0 Å². The van der Waals surface area contributed by atoms with Crippen LogP contribution in [0, 0.1) is 17.0 Å². The molecular weight excluding hydrogens is 610 g/mol. The number of fused-ring (bicyclic) bond motifs is 1. The Hall–Kier alpha value is -4.81. The summed E-state index contributed by atoms with van der Waals surface area (Å²) in [7, 11) is 1.47. The van der Waals surface area contributed by atoms with Crippen LogP contribution >= 0.6 is 0 Å². The fraction of sp³-hybridized carbons (Fsp3) is 0.441. The second-order valence-electron chi connectivity index (χ2n) is 12.9. The number of amides is 3. The molecule has 3 aromatic rings. The highest BCUT2D eigenvalue weighted by atomic mass is 19.2. The Morgan fingerprint density at radius 2 is 1.74 bits per heavy atom. The molecule has 13 heteroatoms. The molecule has 2 aliphatic rings. The van der Waals surface area contributed by atoms with Crippen LogP contribution in [0.4, 0.5) is 19.5 Å². The van der Waals surface area contributed by atoms with E-state index in [0.29, 0.717) is 25.5 Å². The van der Waals surface area contributed by atoms with E-state index in [0.717, 1.165) is 17.7 Å². The average molecular weight is 651 g/mol. The molecule has 5 rings (SSSR count). The van der Waals surface area contributed by atoms with Crippen molar-refractivity contribution >= 4 is 23.9 Å². The van der Waals surface area contributed by atoms with Crippen LogP contribution in [0.25, 0.3) is 0 Å². The number of hydrogen-bond acceptors (Lipinski definition) is 8. The largest absolute Gasteiger partial charge is 0.486 e. The SMILES string of the molecule is CC(C(=O)NC(C(=O)N1CCC2C1C(Oc1ccc(F)c(F)c1)CN2c1ncccn1)C(C)(C)C)N(C)C(=O)OCc1ccccc1. The fourth-order valence-electron chi connectivity index (χ4n) is 6.02. The van der Waals surface area contributed by atoms with Crippen LogP contribution in [0.1, 0.15) is 39.7 Å². The molecule has 2 aliphatic heterocycles. The van der Waals surface area contributed by atoms with Crippen molar-refractivity contribution in [3.8, 4) is 5.75 Å². The number of halogens is 2. The average Bonchev–Trinajstić information content (AvgIpc) is 3.65. The van der Waals surface area contributed by atoms with Gasteiger partial charge in [-0.15, -0.1) is 0 Å². The van der Waals surface area contributed by atoms with E-state index in [-0.39, 0.29) is 24.3 Å². The zero-order valence-electron chi connectivity index (χ0n) is 27.1. The molecule has 0 aliphatic carbocycles. The predicted molar refractivity (Wildman–Crippen MR) is 169 cm³/mol.